The predicted molar refractivity (Wildman–Crippen MR) is 86.3 cm³/mol. The molecule has 2 aromatic carbocycles. The molecule has 2 aromatic rings. The lowest BCUT2D eigenvalue weighted by Crippen LogP contribution is -2.18. The van der Waals surface area contributed by atoms with Gasteiger partial charge < -0.3 is 5.32 Å². The summed E-state index contributed by atoms with van der Waals surface area (Å²) in [6, 6.07) is 14.8. The van der Waals surface area contributed by atoms with E-state index in [9.17, 15) is 8.42 Å². The fraction of sp³-hybridized carbons (Fsp3) is 0.250. The van der Waals surface area contributed by atoms with E-state index in [-0.39, 0.29) is 6.04 Å². The normalized spacial score (nSPS) is 13.1. The Morgan fingerprint density at radius 2 is 1.62 bits per heavy atom. The van der Waals surface area contributed by atoms with Crippen LogP contribution in [0.1, 0.15) is 24.1 Å². The zero-order valence-electron chi connectivity index (χ0n) is 12.0. The van der Waals surface area contributed by atoms with Crippen LogP contribution in [0.2, 0.25) is 5.02 Å². The fourth-order valence-electron chi connectivity index (χ4n) is 1.99. The minimum Gasteiger partial charge on any atom is -0.306 e. The third-order valence-electron chi connectivity index (χ3n) is 3.33. The van der Waals surface area contributed by atoms with Crippen molar-refractivity contribution in [1.29, 1.82) is 0 Å². The van der Waals surface area contributed by atoms with Crippen LogP contribution >= 0.6 is 11.6 Å². The Hall–Kier alpha value is -1.36. The van der Waals surface area contributed by atoms with E-state index in [1.54, 1.807) is 12.1 Å². The Morgan fingerprint density at radius 3 is 2.14 bits per heavy atom. The molecule has 0 aliphatic rings. The number of nitrogens with one attached hydrogen (secondary N) is 1. The summed E-state index contributed by atoms with van der Waals surface area (Å²) in [4.78, 5) is 0.344. The molecule has 0 aromatic heterocycles. The van der Waals surface area contributed by atoms with Crippen molar-refractivity contribution in [3.05, 3.63) is 64.7 Å². The van der Waals surface area contributed by atoms with E-state index in [0.29, 0.717) is 4.90 Å². The highest BCUT2D eigenvalue weighted by Crippen LogP contribution is 2.17. The molecule has 0 radical (unpaired) electrons. The van der Waals surface area contributed by atoms with Gasteiger partial charge in [-0.3, -0.25) is 0 Å². The molecule has 112 valence electrons. The summed E-state index contributed by atoms with van der Waals surface area (Å²) >= 11 is 5.85. The van der Waals surface area contributed by atoms with Crippen LogP contribution in [0.15, 0.2) is 53.4 Å². The molecule has 0 saturated heterocycles. The zero-order valence-corrected chi connectivity index (χ0v) is 13.6. The first-order chi connectivity index (χ1) is 9.86. The van der Waals surface area contributed by atoms with E-state index in [4.69, 9.17) is 11.6 Å². The van der Waals surface area contributed by atoms with Crippen molar-refractivity contribution in [2.45, 2.75) is 24.4 Å². The first-order valence-electron chi connectivity index (χ1n) is 6.64. The second-order valence-electron chi connectivity index (χ2n) is 5.07. The number of hydrogen-bond donors (Lipinski definition) is 1. The lowest BCUT2D eigenvalue weighted by atomic mass is 10.1. The third-order valence-corrected chi connectivity index (χ3v) is 4.71. The van der Waals surface area contributed by atoms with E-state index in [1.165, 1.54) is 6.26 Å². The van der Waals surface area contributed by atoms with Gasteiger partial charge in [-0.25, -0.2) is 8.42 Å². The lowest BCUT2D eigenvalue weighted by molar-refractivity contribution is 0.574. The van der Waals surface area contributed by atoms with Crippen LogP contribution in [-0.2, 0) is 16.4 Å². The maximum atomic E-state index is 11.4. The van der Waals surface area contributed by atoms with Gasteiger partial charge in [-0.05, 0) is 42.3 Å². The lowest BCUT2D eigenvalue weighted by Gasteiger charge is -2.15. The van der Waals surface area contributed by atoms with Crippen molar-refractivity contribution in [1.82, 2.24) is 5.32 Å². The molecule has 0 bridgehead atoms. The summed E-state index contributed by atoms with van der Waals surface area (Å²) in [5.41, 5.74) is 2.20. The molecule has 1 atom stereocenters. The summed E-state index contributed by atoms with van der Waals surface area (Å²) in [6.07, 6.45) is 1.21. The molecule has 21 heavy (non-hydrogen) atoms. The highest BCUT2D eigenvalue weighted by Gasteiger charge is 2.09. The SMILES string of the molecule is CC(NCc1ccc(Cl)cc1)c1ccc(S(C)(=O)=O)cc1. The quantitative estimate of drug-likeness (QED) is 0.914. The second-order valence-corrected chi connectivity index (χ2v) is 7.52. The molecule has 0 aliphatic heterocycles. The van der Waals surface area contributed by atoms with Gasteiger partial charge in [0.25, 0.3) is 0 Å². The largest absolute Gasteiger partial charge is 0.306 e. The molecule has 5 heteroatoms. The summed E-state index contributed by atoms with van der Waals surface area (Å²) in [5.74, 6) is 0. The molecule has 0 aliphatic carbocycles. The molecule has 3 nitrogen and oxygen atoms in total. The number of hydrogen-bond acceptors (Lipinski definition) is 3. The summed E-state index contributed by atoms with van der Waals surface area (Å²) < 4.78 is 22.9. The van der Waals surface area contributed by atoms with Crippen LogP contribution in [-0.4, -0.2) is 14.7 Å². The predicted octanol–water partition coefficient (Wildman–Crippen LogP) is 3.59. The molecule has 1 N–H and O–H groups in total. The summed E-state index contributed by atoms with van der Waals surface area (Å²) in [5, 5.41) is 4.13. The molecule has 1 unspecified atom stereocenters. The van der Waals surface area contributed by atoms with E-state index >= 15 is 0 Å². The van der Waals surface area contributed by atoms with Gasteiger partial charge in [0.05, 0.1) is 4.90 Å². The number of sulfone groups is 1. The van der Waals surface area contributed by atoms with Crippen LogP contribution in [0.4, 0.5) is 0 Å². The molecular weight excluding hydrogens is 306 g/mol. The van der Waals surface area contributed by atoms with E-state index in [0.717, 1.165) is 22.7 Å². The maximum absolute atomic E-state index is 11.4. The number of halogens is 1. The van der Waals surface area contributed by atoms with Crippen molar-refractivity contribution in [3.63, 3.8) is 0 Å². The first kappa shape index (κ1) is 16.0. The third kappa shape index (κ3) is 4.56. The Balaban J connectivity index is 2.00. The van der Waals surface area contributed by atoms with Crippen molar-refractivity contribution in [3.8, 4) is 0 Å². The van der Waals surface area contributed by atoms with Crippen LogP contribution in [0.5, 0.6) is 0 Å². The Morgan fingerprint density at radius 1 is 1.05 bits per heavy atom. The molecule has 0 amide bonds. The van der Waals surface area contributed by atoms with Gasteiger partial charge in [0.15, 0.2) is 9.84 Å². The average Bonchev–Trinajstić information content (AvgIpc) is 2.45. The standard InChI is InChI=1S/C16H18ClNO2S/c1-12(18-11-13-3-7-15(17)8-4-13)14-5-9-16(10-6-14)21(2,19)20/h3-10,12,18H,11H2,1-2H3. The van der Waals surface area contributed by atoms with Crippen molar-refractivity contribution < 1.29 is 8.42 Å². The minimum atomic E-state index is -3.14. The second kappa shape index (κ2) is 6.60. The smallest absolute Gasteiger partial charge is 0.175 e. The van der Waals surface area contributed by atoms with Crippen LogP contribution in [0.3, 0.4) is 0 Å². The van der Waals surface area contributed by atoms with Gasteiger partial charge in [0.2, 0.25) is 0 Å². The Kier molecular flexibility index (Phi) is 5.04. The van der Waals surface area contributed by atoms with E-state index in [1.807, 2.05) is 43.3 Å². The van der Waals surface area contributed by atoms with Gasteiger partial charge in [-0.2, -0.15) is 0 Å². The number of benzene rings is 2. The summed E-state index contributed by atoms with van der Waals surface area (Å²) in [7, 11) is -3.14. The Labute approximate surface area is 130 Å². The van der Waals surface area contributed by atoms with Gasteiger partial charge in [-0.1, -0.05) is 35.9 Å². The zero-order chi connectivity index (χ0) is 15.5. The molecule has 0 spiro atoms. The molecular formula is C16H18ClNO2S. The molecule has 0 heterocycles. The van der Waals surface area contributed by atoms with E-state index in [2.05, 4.69) is 5.32 Å². The molecule has 2 rings (SSSR count). The summed E-state index contributed by atoms with van der Waals surface area (Å²) in [6.45, 7) is 2.78. The molecule has 0 fully saturated rings. The van der Waals surface area contributed by atoms with Gasteiger partial charge in [0.1, 0.15) is 0 Å². The van der Waals surface area contributed by atoms with Crippen LogP contribution in [0.25, 0.3) is 0 Å². The van der Waals surface area contributed by atoms with Crippen LogP contribution < -0.4 is 5.32 Å². The van der Waals surface area contributed by atoms with Crippen molar-refractivity contribution in [2.24, 2.45) is 0 Å². The fourth-order valence-corrected chi connectivity index (χ4v) is 2.75. The number of rotatable bonds is 5. The van der Waals surface area contributed by atoms with Crippen molar-refractivity contribution >= 4 is 21.4 Å². The monoisotopic (exact) mass is 323 g/mol. The van der Waals surface area contributed by atoms with Gasteiger partial charge in [0, 0.05) is 23.9 Å². The van der Waals surface area contributed by atoms with Crippen molar-refractivity contribution in [2.75, 3.05) is 6.26 Å². The minimum absolute atomic E-state index is 0.134. The highest BCUT2D eigenvalue weighted by molar-refractivity contribution is 7.90. The topological polar surface area (TPSA) is 46.2 Å². The average molecular weight is 324 g/mol. The van der Waals surface area contributed by atoms with E-state index < -0.39 is 9.84 Å². The first-order valence-corrected chi connectivity index (χ1v) is 8.91. The van der Waals surface area contributed by atoms with Crippen LogP contribution in [0, 0.1) is 0 Å². The maximum Gasteiger partial charge on any atom is 0.175 e. The Bertz CT molecular complexity index is 694. The highest BCUT2D eigenvalue weighted by atomic mass is 35.5. The molecule has 0 saturated carbocycles. The van der Waals surface area contributed by atoms with Gasteiger partial charge >= 0.3 is 0 Å². The van der Waals surface area contributed by atoms with Gasteiger partial charge in [-0.15, -0.1) is 0 Å².